The van der Waals surface area contributed by atoms with Crippen molar-refractivity contribution in [1.29, 1.82) is 0 Å². The summed E-state index contributed by atoms with van der Waals surface area (Å²) >= 11 is 0. The van der Waals surface area contributed by atoms with Crippen LogP contribution in [0.25, 0.3) is 0 Å². The standard InChI is InChI=1S/C16H19N3O4S/c1-11(2)7-18-9-13(6-17-18)24(22,23)19-8-12-4-3-5-14(16(20)21)15(12)10-19/h3-6,9,11H,7-8,10H2,1-2H3,(H,20,21). The van der Waals surface area contributed by atoms with Crippen LogP contribution in [0.3, 0.4) is 0 Å². The molecule has 1 aliphatic rings. The Hall–Kier alpha value is -2.19. The number of fused-ring (bicyclic) bond motifs is 1. The molecule has 0 amide bonds. The number of rotatable bonds is 5. The Labute approximate surface area is 140 Å². The lowest BCUT2D eigenvalue weighted by molar-refractivity contribution is 0.0695. The van der Waals surface area contributed by atoms with Crippen molar-refractivity contribution in [2.75, 3.05) is 0 Å². The van der Waals surface area contributed by atoms with Crippen LogP contribution in [0.2, 0.25) is 0 Å². The number of carboxylic acid groups (broad SMARTS) is 1. The van der Waals surface area contributed by atoms with Crippen LogP contribution >= 0.6 is 0 Å². The Morgan fingerprint density at radius 2 is 2.08 bits per heavy atom. The van der Waals surface area contributed by atoms with Gasteiger partial charge in [0.05, 0.1) is 11.8 Å². The molecule has 128 valence electrons. The summed E-state index contributed by atoms with van der Waals surface area (Å²) in [6, 6.07) is 4.90. The van der Waals surface area contributed by atoms with Crippen molar-refractivity contribution >= 4 is 16.0 Å². The predicted molar refractivity (Wildman–Crippen MR) is 86.9 cm³/mol. The number of hydrogen-bond acceptors (Lipinski definition) is 4. The van der Waals surface area contributed by atoms with Gasteiger partial charge in [-0.25, -0.2) is 13.2 Å². The predicted octanol–water partition coefficient (Wildman–Crippen LogP) is 1.94. The van der Waals surface area contributed by atoms with E-state index in [1.165, 1.54) is 22.8 Å². The zero-order chi connectivity index (χ0) is 17.5. The van der Waals surface area contributed by atoms with Crippen molar-refractivity contribution < 1.29 is 18.3 Å². The summed E-state index contributed by atoms with van der Waals surface area (Å²) < 4.78 is 28.5. The maximum Gasteiger partial charge on any atom is 0.336 e. The number of hydrogen-bond donors (Lipinski definition) is 1. The van der Waals surface area contributed by atoms with Crippen molar-refractivity contribution in [3.63, 3.8) is 0 Å². The first-order valence-corrected chi connectivity index (χ1v) is 9.09. The van der Waals surface area contributed by atoms with Crippen molar-refractivity contribution in [3.05, 3.63) is 47.3 Å². The molecule has 0 fully saturated rings. The van der Waals surface area contributed by atoms with Crippen molar-refractivity contribution in [1.82, 2.24) is 14.1 Å². The number of sulfonamides is 1. The molecule has 3 rings (SSSR count). The third kappa shape index (κ3) is 2.94. The maximum absolute atomic E-state index is 12.8. The summed E-state index contributed by atoms with van der Waals surface area (Å²) in [6.07, 6.45) is 2.87. The molecule has 0 saturated heterocycles. The first kappa shape index (κ1) is 16.7. The van der Waals surface area contributed by atoms with E-state index in [9.17, 15) is 18.3 Å². The van der Waals surface area contributed by atoms with Gasteiger partial charge in [-0.2, -0.15) is 9.40 Å². The Kier molecular flexibility index (Phi) is 4.18. The second-order valence-electron chi connectivity index (χ2n) is 6.31. The topological polar surface area (TPSA) is 92.5 Å². The van der Waals surface area contributed by atoms with E-state index in [4.69, 9.17) is 0 Å². The molecule has 0 spiro atoms. The average Bonchev–Trinajstić information content (AvgIpc) is 3.12. The van der Waals surface area contributed by atoms with Gasteiger partial charge >= 0.3 is 5.97 Å². The van der Waals surface area contributed by atoms with Crippen molar-refractivity contribution in [3.8, 4) is 0 Å². The number of benzene rings is 1. The number of aromatic carboxylic acids is 1. The molecule has 1 N–H and O–H groups in total. The van der Waals surface area contributed by atoms with Crippen LogP contribution < -0.4 is 0 Å². The highest BCUT2D eigenvalue weighted by molar-refractivity contribution is 7.89. The van der Waals surface area contributed by atoms with E-state index < -0.39 is 16.0 Å². The lowest BCUT2D eigenvalue weighted by Crippen LogP contribution is -2.25. The molecule has 2 heterocycles. The highest BCUT2D eigenvalue weighted by Gasteiger charge is 2.33. The van der Waals surface area contributed by atoms with Crippen molar-refractivity contribution in [2.24, 2.45) is 5.92 Å². The van der Waals surface area contributed by atoms with Gasteiger partial charge in [0.25, 0.3) is 0 Å². The van der Waals surface area contributed by atoms with Crippen LogP contribution in [0.1, 0.15) is 35.3 Å². The normalized spacial score (nSPS) is 15.0. The summed E-state index contributed by atoms with van der Waals surface area (Å²) in [5.74, 6) is -0.689. The highest BCUT2D eigenvalue weighted by Crippen LogP contribution is 2.30. The van der Waals surface area contributed by atoms with E-state index in [2.05, 4.69) is 5.10 Å². The molecule has 0 bridgehead atoms. The minimum Gasteiger partial charge on any atom is -0.478 e. The molecular formula is C16H19N3O4S. The average molecular weight is 349 g/mol. The minimum atomic E-state index is -3.71. The molecule has 24 heavy (non-hydrogen) atoms. The third-order valence-electron chi connectivity index (χ3n) is 3.98. The number of carboxylic acids is 1. The second-order valence-corrected chi connectivity index (χ2v) is 8.25. The summed E-state index contributed by atoms with van der Waals surface area (Å²) in [5.41, 5.74) is 1.44. The van der Waals surface area contributed by atoms with Gasteiger partial charge < -0.3 is 5.11 Å². The van der Waals surface area contributed by atoms with E-state index >= 15 is 0 Å². The fourth-order valence-electron chi connectivity index (χ4n) is 2.86. The Bertz CT molecular complexity index is 886. The third-order valence-corrected chi connectivity index (χ3v) is 5.73. The van der Waals surface area contributed by atoms with Crippen LogP contribution in [0.4, 0.5) is 0 Å². The van der Waals surface area contributed by atoms with Crippen LogP contribution in [0, 0.1) is 5.92 Å². The van der Waals surface area contributed by atoms with Gasteiger partial charge in [-0.3, -0.25) is 4.68 Å². The number of carbonyl (C=O) groups is 1. The summed E-state index contributed by atoms with van der Waals surface area (Å²) in [6.45, 7) is 4.93. The molecule has 0 aliphatic carbocycles. The fraction of sp³-hybridized carbons (Fsp3) is 0.375. The van der Waals surface area contributed by atoms with Gasteiger partial charge in [0.2, 0.25) is 10.0 Å². The smallest absolute Gasteiger partial charge is 0.336 e. The first-order chi connectivity index (χ1) is 11.3. The largest absolute Gasteiger partial charge is 0.478 e. The van der Waals surface area contributed by atoms with Crippen molar-refractivity contribution in [2.45, 2.75) is 38.4 Å². The van der Waals surface area contributed by atoms with Gasteiger partial charge in [0, 0.05) is 25.8 Å². The van der Waals surface area contributed by atoms with E-state index in [-0.39, 0.29) is 23.5 Å². The van der Waals surface area contributed by atoms with Gasteiger partial charge in [0.1, 0.15) is 4.90 Å². The molecule has 1 aromatic carbocycles. The molecular weight excluding hydrogens is 330 g/mol. The first-order valence-electron chi connectivity index (χ1n) is 7.65. The highest BCUT2D eigenvalue weighted by atomic mass is 32.2. The summed E-state index contributed by atoms with van der Waals surface area (Å²) in [7, 11) is -3.71. The zero-order valence-corrected chi connectivity index (χ0v) is 14.3. The fourth-order valence-corrected chi connectivity index (χ4v) is 4.20. The molecule has 1 aliphatic heterocycles. The zero-order valence-electron chi connectivity index (χ0n) is 13.5. The quantitative estimate of drug-likeness (QED) is 0.890. The van der Waals surface area contributed by atoms with Gasteiger partial charge in [-0.15, -0.1) is 0 Å². The molecule has 2 aromatic rings. The molecule has 7 nitrogen and oxygen atoms in total. The Morgan fingerprint density at radius 3 is 2.75 bits per heavy atom. The Balaban J connectivity index is 1.89. The van der Waals surface area contributed by atoms with Crippen LogP contribution in [0.15, 0.2) is 35.5 Å². The van der Waals surface area contributed by atoms with Gasteiger partial charge in [0.15, 0.2) is 0 Å². The minimum absolute atomic E-state index is 0.0650. The second kappa shape index (κ2) is 6.03. The lowest BCUT2D eigenvalue weighted by atomic mass is 10.0. The van der Waals surface area contributed by atoms with Crippen LogP contribution in [0.5, 0.6) is 0 Å². The molecule has 1 aromatic heterocycles. The molecule has 8 heteroatoms. The summed E-state index contributed by atoms with van der Waals surface area (Å²) in [5, 5.41) is 13.4. The van der Waals surface area contributed by atoms with Crippen LogP contribution in [-0.2, 0) is 29.7 Å². The monoisotopic (exact) mass is 349 g/mol. The van der Waals surface area contributed by atoms with Gasteiger partial charge in [-0.05, 0) is 23.1 Å². The lowest BCUT2D eigenvalue weighted by Gasteiger charge is -2.14. The SMILES string of the molecule is CC(C)Cn1cc(S(=O)(=O)N2Cc3cccc(C(=O)O)c3C2)cn1. The van der Waals surface area contributed by atoms with E-state index in [1.807, 2.05) is 13.8 Å². The molecule has 0 unspecified atom stereocenters. The number of nitrogens with zero attached hydrogens (tertiary/aromatic N) is 3. The van der Waals surface area contributed by atoms with Crippen LogP contribution in [-0.4, -0.2) is 33.6 Å². The summed E-state index contributed by atoms with van der Waals surface area (Å²) in [4.78, 5) is 11.4. The van der Waals surface area contributed by atoms with Gasteiger partial charge in [-0.1, -0.05) is 26.0 Å². The van der Waals surface area contributed by atoms with E-state index in [0.29, 0.717) is 18.0 Å². The molecule has 0 radical (unpaired) electrons. The Morgan fingerprint density at radius 1 is 1.33 bits per heavy atom. The van der Waals surface area contributed by atoms with E-state index in [1.54, 1.807) is 16.8 Å². The maximum atomic E-state index is 12.8. The molecule has 0 atom stereocenters. The molecule has 0 saturated carbocycles. The van der Waals surface area contributed by atoms with E-state index in [0.717, 1.165) is 5.56 Å². The number of aromatic nitrogens is 2.